The number of aromatic nitrogens is 2. The molecule has 2 aromatic carbocycles. The van der Waals surface area contributed by atoms with Crippen LogP contribution in [0, 0.1) is 13.8 Å². The molecule has 0 fully saturated rings. The number of nitrogens with zero attached hydrogens (tertiary/aromatic N) is 2. The Morgan fingerprint density at radius 1 is 0.760 bits per heavy atom. The second-order valence-electron chi connectivity index (χ2n) is 6.22. The third-order valence-electron chi connectivity index (χ3n) is 4.54. The molecule has 0 amide bonds. The van der Waals surface area contributed by atoms with Gasteiger partial charge in [0.1, 0.15) is 5.65 Å². The molecular weight excluding hydrogens is 308 g/mol. The summed E-state index contributed by atoms with van der Waals surface area (Å²) < 4.78 is 1.62. The van der Waals surface area contributed by atoms with E-state index in [2.05, 4.69) is 24.3 Å². The number of benzene rings is 2. The topological polar surface area (TPSA) is 34.4 Å². The summed E-state index contributed by atoms with van der Waals surface area (Å²) in [4.78, 5) is 17.5. The summed E-state index contributed by atoms with van der Waals surface area (Å²) >= 11 is 0. The lowest BCUT2D eigenvalue weighted by Crippen LogP contribution is -2.19. The summed E-state index contributed by atoms with van der Waals surface area (Å²) in [5.41, 5.74) is 6.37. The fourth-order valence-corrected chi connectivity index (χ4v) is 3.12. The molecule has 0 spiro atoms. The van der Waals surface area contributed by atoms with Gasteiger partial charge in [-0.1, -0.05) is 60.7 Å². The van der Waals surface area contributed by atoms with Crippen LogP contribution in [0.3, 0.4) is 0 Å². The van der Waals surface area contributed by atoms with Crippen molar-refractivity contribution in [1.82, 2.24) is 9.38 Å². The first-order chi connectivity index (χ1) is 12.1. The van der Waals surface area contributed by atoms with Crippen molar-refractivity contribution in [3.8, 4) is 22.4 Å². The molecule has 0 saturated carbocycles. The number of aryl methyl sites for hydroxylation is 1. The van der Waals surface area contributed by atoms with Gasteiger partial charge in [-0.05, 0) is 36.6 Å². The third-order valence-corrected chi connectivity index (χ3v) is 4.54. The van der Waals surface area contributed by atoms with Crippen LogP contribution < -0.4 is 5.56 Å². The van der Waals surface area contributed by atoms with Crippen LogP contribution in [0.15, 0.2) is 77.7 Å². The molecule has 2 heterocycles. The Kier molecular flexibility index (Phi) is 3.69. The number of rotatable bonds is 2. The average Bonchev–Trinajstić information content (AvgIpc) is 2.66. The van der Waals surface area contributed by atoms with Crippen LogP contribution in [-0.2, 0) is 0 Å². The van der Waals surface area contributed by atoms with Gasteiger partial charge in [0.25, 0.3) is 5.56 Å². The van der Waals surface area contributed by atoms with Gasteiger partial charge >= 0.3 is 0 Å². The smallest absolute Gasteiger partial charge is 0.261 e. The van der Waals surface area contributed by atoms with Gasteiger partial charge in [0.2, 0.25) is 0 Å². The van der Waals surface area contributed by atoms with E-state index in [1.54, 1.807) is 10.6 Å². The molecule has 3 heteroatoms. The van der Waals surface area contributed by atoms with E-state index in [0.717, 1.165) is 22.4 Å². The minimum Gasteiger partial charge on any atom is -0.269 e. The number of hydrogen-bond acceptors (Lipinski definition) is 2. The van der Waals surface area contributed by atoms with Crippen LogP contribution >= 0.6 is 0 Å². The largest absolute Gasteiger partial charge is 0.269 e. The molecule has 0 saturated heterocycles. The van der Waals surface area contributed by atoms with Gasteiger partial charge in [-0.3, -0.25) is 9.20 Å². The molecule has 0 aliphatic carbocycles. The van der Waals surface area contributed by atoms with Gasteiger partial charge < -0.3 is 0 Å². The van der Waals surface area contributed by atoms with Crippen LogP contribution in [0.25, 0.3) is 28.0 Å². The van der Waals surface area contributed by atoms with Crippen molar-refractivity contribution in [3.63, 3.8) is 0 Å². The van der Waals surface area contributed by atoms with E-state index < -0.39 is 0 Å². The van der Waals surface area contributed by atoms with Crippen molar-refractivity contribution in [2.75, 3.05) is 0 Å². The summed E-state index contributed by atoms with van der Waals surface area (Å²) in [5, 5.41) is 0. The second-order valence-corrected chi connectivity index (χ2v) is 6.22. The lowest BCUT2D eigenvalue weighted by atomic mass is 10.0. The quantitative estimate of drug-likeness (QED) is 0.537. The fraction of sp³-hybridized carbons (Fsp3) is 0.0909. The third kappa shape index (κ3) is 2.64. The maximum Gasteiger partial charge on any atom is 0.261 e. The van der Waals surface area contributed by atoms with E-state index in [-0.39, 0.29) is 5.56 Å². The molecule has 0 aliphatic rings. The Labute approximate surface area is 146 Å². The molecule has 0 atom stereocenters. The van der Waals surface area contributed by atoms with Crippen molar-refractivity contribution in [2.45, 2.75) is 13.8 Å². The molecule has 4 aromatic rings. The van der Waals surface area contributed by atoms with Gasteiger partial charge in [-0.2, -0.15) is 0 Å². The molecule has 0 unspecified atom stereocenters. The van der Waals surface area contributed by atoms with E-state index in [1.807, 2.05) is 56.3 Å². The van der Waals surface area contributed by atoms with Crippen LogP contribution in [0.1, 0.15) is 11.1 Å². The van der Waals surface area contributed by atoms with E-state index in [4.69, 9.17) is 4.98 Å². The molecule has 4 rings (SSSR count). The highest BCUT2D eigenvalue weighted by Gasteiger charge is 2.12. The lowest BCUT2D eigenvalue weighted by Gasteiger charge is -2.10. The highest BCUT2D eigenvalue weighted by atomic mass is 16.1. The Bertz CT molecular complexity index is 1110. The van der Waals surface area contributed by atoms with Crippen molar-refractivity contribution >= 4 is 5.65 Å². The van der Waals surface area contributed by atoms with Gasteiger partial charge in [0.05, 0.1) is 5.69 Å². The van der Waals surface area contributed by atoms with Crippen molar-refractivity contribution < 1.29 is 0 Å². The molecule has 3 nitrogen and oxygen atoms in total. The number of hydrogen-bond donors (Lipinski definition) is 0. The first kappa shape index (κ1) is 15.3. The molecule has 2 aromatic heterocycles. The summed E-state index contributed by atoms with van der Waals surface area (Å²) in [6.07, 6.45) is 1.77. The van der Waals surface area contributed by atoms with Crippen molar-refractivity contribution in [3.05, 3.63) is 94.4 Å². The molecule has 0 bridgehead atoms. The fourth-order valence-electron chi connectivity index (χ4n) is 3.12. The van der Waals surface area contributed by atoms with Crippen molar-refractivity contribution in [1.29, 1.82) is 0 Å². The van der Waals surface area contributed by atoms with Crippen LogP contribution in [0.4, 0.5) is 0 Å². The summed E-state index contributed by atoms with van der Waals surface area (Å²) in [7, 11) is 0. The molecular formula is C22H18N2O. The Morgan fingerprint density at radius 3 is 2.12 bits per heavy atom. The molecule has 0 aliphatic heterocycles. The Morgan fingerprint density at radius 2 is 1.40 bits per heavy atom. The minimum atomic E-state index is -0.0177. The van der Waals surface area contributed by atoms with Crippen molar-refractivity contribution in [2.24, 2.45) is 0 Å². The van der Waals surface area contributed by atoms with Crippen LogP contribution in [0.5, 0.6) is 0 Å². The number of pyridine rings is 1. The van der Waals surface area contributed by atoms with E-state index in [9.17, 15) is 4.79 Å². The predicted molar refractivity (Wildman–Crippen MR) is 102 cm³/mol. The molecule has 122 valence electrons. The SMILES string of the molecule is Cc1c(-c2ccc(-c3ccccc3)cc2)nc2c(C)cccn2c1=O. The van der Waals surface area contributed by atoms with Gasteiger partial charge in [0.15, 0.2) is 0 Å². The zero-order valence-electron chi connectivity index (χ0n) is 14.2. The maximum atomic E-state index is 12.7. The van der Waals surface area contributed by atoms with E-state index in [0.29, 0.717) is 11.2 Å². The monoisotopic (exact) mass is 326 g/mol. The van der Waals surface area contributed by atoms with Crippen LogP contribution in [-0.4, -0.2) is 9.38 Å². The first-order valence-corrected chi connectivity index (χ1v) is 8.29. The summed E-state index contributed by atoms with van der Waals surface area (Å²) in [6, 6.07) is 22.3. The normalized spacial score (nSPS) is 11.0. The second kappa shape index (κ2) is 6.02. The summed E-state index contributed by atoms with van der Waals surface area (Å²) in [6.45, 7) is 3.81. The maximum absolute atomic E-state index is 12.7. The van der Waals surface area contributed by atoms with Gasteiger partial charge in [-0.15, -0.1) is 0 Å². The van der Waals surface area contributed by atoms with Gasteiger partial charge in [-0.25, -0.2) is 4.98 Å². The number of fused-ring (bicyclic) bond motifs is 1. The Hall–Kier alpha value is -3.20. The molecule has 0 N–H and O–H groups in total. The average molecular weight is 326 g/mol. The van der Waals surface area contributed by atoms with E-state index >= 15 is 0 Å². The standard InChI is InChI=1S/C22H18N2O/c1-15-7-6-14-24-21(15)23-20(16(2)22(24)25)19-12-10-18(11-13-19)17-8-4-3-5-9-17/h3-14H,1-2H3. The van der Waals surface area contributed by atoms with Gasteiger partial charge in [0, 0.05) is 17.3 Å². The van der Waals surface area contributed by atoms with Crippen LogP contribution in [0.2, 0.25) is 0 Å². The molecule has 0 radical (unpaired) electrons. The Balaban J connectivity index is 1.86. The predicted octanol–water partition coefficient (Wildman–Crippen LogP) is 4.65. The first-order valence-electron chi connectivity index (χ1n) is 8.29. The zero-order valence-corrected chi connectivity index (χ0v) is 14.2. The minimum absolute atomic E-state index is 0.0177. The van der Waals surface area contributed by atoms with E-state index in [1.165, 1.54) is 5.56 Å². The zero-order chi connectivity index (χ0) is 17.4. The highest BCUT2D eigenvalue weighted by molar-refractivity contribution is 5.71. The highest BCUT2D eigenvalue weighted by Crippen LogP contribution is 2.25. The lowest BCUT2D eigenvalue weighted by molar-refractivity contribution is 1.01. The summed E-state index contributed by atoms with van der Waals surface area (Å²) in [5.74, 6) is 0. The molecule has 25 heavy (non-hydrogen) atoms.